The molecule has 0 aromatic rings. The van der Waals surface area contributed by atoms with Crippen molar-refractivity contribution in [2.75, 3.05) is 0 Å². The van der Waals surface area contributed by atoms with Crippen LogP contribution in [0.5, 0.6) is 0 Å². The van der Waals surface area contributed by atoms with Gasteiger partial charge in [-0.1, -0.05) is 26.7 Å². The van der Waals surface area contributed by atoms with Crippen LogP contribution in [0.2, 0.25) is 0 Å². The van der Waals surface area contributed by atoms with Gasteiger partial charge < -0.3 is 6.15 Å². The highest BCUT2D eigenvalue weighted by Gasteiger charge is 1.56. The highest BCUT2D eigenvalue weighted by molar-refractivity contribution is 4.12. The Labute approximate surface area is 38.7 Å². The molecule has 0 spiro atoms. The van der Waals surface area contributed by atoms with Crippen LogP contribution >= 0.6 is 0 Å². The van der Waals surface area contributed by atoms with Crippen molar-refractivity contribution in [1.29, 1.82) is 0 Å². The van der Waals surface area contributed by atoms with Gasteiger partial charge >= 0.3 is 0 Å². The number of unbranched alkanes of at least 4 members (excludes halogenated alkanes) is 1. The van der Waals surface area contributed by atoms with Crippen molar-refractivity contribution in [1.82, 2.24) is 6.15 Å². The molecule has 3 N–H and O–H groups in total. The van der Waals surface area contributed by atoms with Crippen molar-refractivity contribution in [3.8, 4) is 0 Å². The van der Waals surface area contributed by atoms with Gasteiger partial charge in [-0.25, -0.2) is 0 Å². The molecule has 0 atom stereocenters. The quantitative estimate of drug-likeness (QED) is 0.532. The lowest BCUT2D eigenvalue weighted by Gasteiger charge is -1.68. The maximum atomic E-state index is 2.18. The summed E-state index contributed by atoms with van der Waals surface area (Å²) in [5, 5.41) is 0. The molecule has 0 aliphatic carbocycles. The second-order valence-electron chi connectivity index (χ2n) is 1.000. The molecular weight excluding hydrogens is 81.0 g/mol. The monoisotopic (exact) mass is 95.1 g/mol. The van der Waals surface area contributed by atoms with Crippen molar-refractivity contribution in [2.45, 2.75) is 26.7 Å². The third-order valence-electron chi connectivity index (χ3n) is 0.500. The van der Waals surface area contributed by atoms with Gasteiger partial charge in [0.15, 0.2) is 0 Å². The molecule has 0 saturated carbocycles. The van der Waals surface area contributed by atoms with Crippen LogP contribution in [-0.4, -0.2) is 0 Å². The largest absolute Gasteiger partial charge is 0.344 e. The van der Waals surface area contributed by atoms with Crippen LogP contribution in [0, 0.1) is 0 Å². The maximum absolute atomic E-state index is 2.18. The van der Waals surface area contributed by atoms with Gasteiger partial charge in [-0.2, -0.15) is 0 Å². The Morgan fingerprint density at radius 2 is 1.17 bits per heavy atom. The summed E-state index contributed by atoms with van der Waals surface area (Å²) in [7, 11) is 0. The molecule has 0 unspecified atom stereocenters. The molecule has 0 aliphatic rings. The Morgan fingerprint density at radius 1 is 1.00 bits per heavy atom. The summed E-state index contributed by atoms with van der Waals surface area (Å²) < 4.78 is 0. The second-order valence-corrected chi connectivity index (χ2v) is 1.000. The Kier molecular flexibility index (Phi) is 58.2. The summed E-state index contributed by atoms with van der Waals surface area (Å²) in [4.78, 5) is 0. The average Bonchev–Trinajstić information content (AvgIpc) is 1.37. The second kappa shape index (κ2) is 20.7. The molecule has 0 heterocycles. The Morgan fingerprint density at radius 3 is 1.17 bits per heavy atom. The number of hydrogen-bond donors (Lipinski definition) is 1. The Bertz CT molecular complexity index is 9.51. The predicted octanol–water partition coefficient (Wildman–Crippen LogP) is 2.12. The van der Waals surface area contributed by atoms with Crippen LogP contribution in [-0.2, 0) is 0 Å². The molecule has 0 amide bonds. The van der Waals surface area contributed by atoms with E-state index in [0.29, 0.717) is 0 Å². The fraction of sp³-hybridized carbons (Fsp3) is 1.00. The molecule has 0 bridgehead atoms. The van der Waals surface area contributed by atoms with E-state index in [1.165, 1.54) is 12.8 Å². The van der Waals surface area contributed by atoms with Crippen molar-refractivity contribution in [3.63, 3.8) is 0 Å². The van der Waals surface area contributed by atoms with Gasteiger partial charge in [0.05, 0.1) is 0 Å². The lowest BCUT2D eigenvalue weighted by Crippen LogP contribution is -1.47. The van der Waals surface area contributed by atoms with Gasteiger partial charge in [0.1, 0.15) is 0 Å². The van der Waals surface area contributed by atoms with Crippen molar-refractivity contribution in [3.05, 3.63) is 0 Å². The molecule has 0 fully saturated rings. The van der Waals surface area contributed by atoms with Crippen LogP contribution in [0.15, 0.2) is 0 Å². The summed E-state index contributed by atoms with van der Waals surface area (Å²) in [5.41, 5.74) is 0. The lowest BCUT2D eigenvalue weighted by molar-refractivity contribution is 0.886. The van der Waals surface area contributed by atoms with Crippen molar-refractivity contribution < 1.29 is 4.70 Å². The average molecular weight is 95.2 g/mol. The van der Waals surface area contributed by atoms with Crippen LogP contribution in [0.4, 0.5) is 4.70 Å². The zero-order valence-electron chi connectivity index (χ0n) is 4.53. The van der Waals surface area contributed by atoms with E-state index in [2.05, 4.69) is 13.8 Å². The first kappa shape index (κ1) is 16.9. The fourth-order valence-electron chi connectivity index (χ4n) is 0. The topological polar surface area (TPSA) is 35.0 Å². The van der Waals surface area contributed by atoms with Gasteiger partial charge in [0, 0.05) is 0 Å². The standard InChI is InChI=1S/C4H10.FH.H3N/c1-3-4-2;;/h3-4H2,1-2H3;1H;1H3. The van der Waals surface area contributed by atoms with Gasteiger partial charge in [-0.05, 0) is 0 Å². The summed E-state index contributed by atoms with van der Waals surface area (Å²) in [5.74, 6) is 0. The van der Waals surface area contributed by atoms with Gasteiger partial charge in [0.25, 0.3) is 0 Å². The Balaban J connectivity index is -0.0000000450. The van der Waals surface area contributed by atoms with Crippen molar-refractivity contribution >= 4 is 0 Å². The zero-order chi connectivity index (χ0) is 3.41. The lowest BCUT2D eigenvalue weighted by atomic mass is 10.4. The molecule has 6 heavy (non-hydrogen) atoms. The van der Waals surface area contributed by atoms with Crippen LogP contribution in [0.1, 0.15) is 26.7 Å². The van der Waals surface area contributed by atoms with Gasteiger partial charge in [-0.3, -0.25) is 4.70 Å². The zero-order valence-corrected chi connectivity index (χ0v) is 4.53. The molecule has 0 radical (unpaired) electrons. The van der Waals surface area contributed by atoms with E-state index in [9.17, 15) is 0 Å². The number of rotatable bonds is 1. The molecule has 1 nitrogen and oxygen atoms in total. The molecular formula is C4H14FN. The molecule has 0 aliphatic heterocycles. The van der Waals surface area contributed by atoms with E-state index in [-0.39, 0.29) is 10.9 Å². The first-order valence-corrected chi connectivity index (χ1v) is 1.91. The van der Waals surface area contributed by atoms with Gasteiger partial charge in [0.2, 0.25) is 0 Å². The number of hydrogen-bond acceptors (Lipinski definition) is 1. The summed E-state index contributed by atoms with van der Waals surface area (Å²) >= 11 is 0. The highest BCUT2D eigenvalue weighted by atomic mass is 19.0. The minimum absolute atomic E-state index is 0. The normalized spacial score (nSPS) is 5.00. The first-order valence-electron chi connectivity index (χ1n) is 1.91. The molecule has 0 aromatic heterocycles. The van der Waals surface area contributed by atoms with E-state index >= 15 is 0 Å². The molecule has 0 rings (SSSR count). The van der Waals surface area contributed by atoms with E-state index in [4.69, 9.17) is 0 Å². The summed E-state index contributed by atoms with van der Waals surface area (Å²) in [6.07, 6.45) is 2.64. The van der Waals surface area contributed by atoms with Gasteiger partial charge in [-0.15, -0.1) is 0 Å². The third kappa shape index (κ3) is 41.0. The van der Waals surface area contributed by atoms with Crippen LogP contribution < -0.4 is 6.15 Å². The first-order chi connectivity index (χ1) is 1.91. The minimum atomic E-state index is 0. The van der Waals surface area contributed by atoms with E-state index < -0.39 is 0 Å². The van der Waals surface area contributed by atoms with E-state index in [1.54, 1.807) is 0 Å². The van der Waals surface area contributed by atoms with Crippen LogP contribution in [0.25, 0.3) is 0 Å². The molecule has 42 valence electrons. The molecule has 0 aromatic carbocycles. The fourth-order valence-corrected chi connectivity index (χ4v) is 0. The highest BCUT2D eigenvalue weighted by Crippen LogP contribution is 1.76. The molecule has 0 saturated heterocycles. The minimum Gasteiger partial charge on any atom is -0.344 e. The Hall–Kier alpha value is -0.110. The maximum Gasteiger partial charge on any atom is -0.0564 e. The summed E-state index contributed by atoms with van der Waals surface area (Å²) in [6.45, 7) is 4.36. The predicted molar refractivity (Wildman–Crippen MR) is 28.1 cm³/mol. The number of halogens is 1. The van der Waals surface area contributed by atoms with E-state index in [0.717, 1.165) is 0 Å². The third-order valence-corrected chi connectivity index (χ3v) is 0.500. The summed E-state index contributed by atoms with van der Waals surface area (Å²) in [6, 6.07) is 0. The SMILES string of the molecule is CCCC.F.N. The van der Waals surface area contributed by atoms with E-state index in [1.807, 2.05) is 0 Å². The van der Waals surface area contributed by atoms with Crippen molar-refractivity contribution in [2.24, 2.45) is 0 Å². The van der Waals surface area contributed by atoms with Crippen LogP contribution in [0.3, 0.4) is 0 Å². The smallest absolute Gasteiger partial charge is 0.0564 e. The molecule has 2 heteroatoms.